The molecule has 2 aliphatic rings. The molecule has 0 aliphatic carbocycles. The highest BCUT2D eigenvalue weighted by molar-refractivity contribution is 7.99. The number of carbonyl (C=O) groups is 1. The number of carbonyl (C=O) groups excluding carboxylic acids is 1. The van der Waals surface area contributed by atoms with Crippen LogP contribution in [-0.2, 0) is 16.6 Å². The molecule has 22 heavy (non-hydrogen) atoms. The quantitative estimate of drug-likeness (QED) is 0.799. The maximum Gasteiger partial charge on any atom is 0.233 e. The zero-order valence-electron chi connectivity index (χ0n) is 13.0. The molecule has 0 bridgehead atoms. The molecule has 1 N–H and O–H groups in total. The maximum absolute atomic E-state index is 12.2. The summed E-state index contributed by atoms with van der Waals surface area (Å²) in [6.07, 6.45) is 2.33. The molecule has 2 aliphatic heterocycles. The molecule has 2 fully saturated rings. The highest BCUT2D eigenvalue weighted by Crippen LogP contribution is 2.25. The second kappa shape index (κ2) is 7.43. The van der Waals surface area contributed by atoms with Crippen molar-refractivity contribution in [3.05, 3.63) is 5.82 Å². The van der Waals surface area contributed by atoms with Gasteiger partial charge in [0.25, 0.3) is 0 Å². The molecule has 1 amide bonds. The summed E-state index contributed by atoms with van der Waals surface area (Å²) in [7, 11) is 1.99. The van der Waals surface area contributed by atoms with Crippen molar-refractivity contribution in [2.75, 3.05) is 45.1 Å². The van der Waals surface area contributed by atoms with Crippen molar-refractivity contribution < 1.29 is 9.53 Å². The summed E-state index contributed by atoms with van der Waals surface area (Å²) in [6.45, 7) is 4.71. The van der Waals surface area contributed by atoms with Crippen molar-refractivity contribution in [2.24, 2.45) is 7.05 Å². The van der Waals surface area contributed by atoms with Crippen LogP contribution < -0.4 is 5.32 Å². The largest absolute Gasteiger partial charge is 0.378 e. The summed E-state index contributed by atoms with van der Waals surface area (Å²) < 4.78 is 7.31. The molecule has 0 spiro atoms. The van der Waals surface area contributed by atoms with E-state index in [2.05, 4.69) is 15.5 Å². The lowest BCUT2D eigenvalue weighted by Crippen LogP contribution is -2.41. The average molecular weight is 325 g/mol. The molecule has 1 atom stereocenters. The third-order valence-corrected chi connectivity index (χ3v) is 5.22. The predicted molar refractivity (Wildman–Crippen MR) is 84.0 cm³/mol. The number of amides is 1. The van der Waals surface area contributed by atoms with E-state index >= 15 is 0 Å². The molecule has 3 rings (SSSR count). The van der Waals surface area contributed by atoms with Gasteiger partial charge in [0.1, 0.15) is 5.82 Å². The van der Waals surface area contributed by atoms with Crippen molar-refractivity contribution >= 4 is 17.7 Å². The van der Waals surface area contributed by atoms with Gasteiger partial charge in [-0.1, -0.05) is 11.8 Å². The van der Waals surface area contributed by atoms with Crippen LogP contribution in [0.25, 0.3) is 0 Å². The fourth-order valence-electron chi connectivity index (χ4n) is 2.91. The van der Waals surface area contributed by atoms with Crippen molar-refractivity contribution in [2.45, 2.75) is 23.9 Å². The zero-order chi connectivity index (χ0) is 15.4. The van der Waals surface area contributed by atoms with E-state index in [0.29, 0.717) is 38.0 Å². The molecule has 1 aromatic heterocycles. The number of thioether (sulfide) groups is 1. The van der Waals surface area contributed by atoms with E-state index in [-0.39, 0.29) is 5.91 Å². The number of rotatable bonds is 4. The summed E-state index contributed by atoms with van der Waals surface area (Å²) in [5, 5.41) is 12.8. The van der Waals surface area contributed by atoms with Gasteiger partial charge in [0.05, 0.1) is 19.0 Å². The molecule has 1 aromatic rings. The number of nitrogens with zero attached hydrogens (tertiary/aromatic N) is 4. The van der Waals surface area contributed by atoms with E-state index in [1.807, 2.05) is 16.5 Å². The molecule has 0 aromatic carbocycles. The van der Waals surface area contributed by atoms with Gasteiger partial charge in [0, 0.05) is 32.6 Å². The van der Waals surface area contributed by atoms with E-state index in [9.17, 15) is 4.79 Å². The van der Waals surface area contributed by atoms with Gasteiger partial charge in [0.15, 0.2) is 5.16 Å². The van der Waals surface area contributed by atoms with E-state index in [1.54, 1.807) is 0 Å². The number of hydrogen-bond donors (Lipinski definition) is 1. The van der Waals surface area contributed by atoms with Gasteiger partial charge in [-0.25, -0.2) is 0 Å². The molecule has 7 nitrogen and oxygen atoms in total. The van der Waals surface area contributed by atoms with Crippen LogP contribution in [0.1, 0.15) is 24.6 Å². The average Bonchev–Trinajstić information content (AvgIpc) is 2.95. The molecule has 0 unspecified atom stereocenters. The fourth-order valence-corrected chi connectivity index (χ4v) is 3.73. The summed E-state index contributed by atoms with van der Waals surface area (Å²) >= 11 is 1.47. The predicted octanol–water partition coefficient (Wildman–Crippen LogP) is 0.233. The Morgan fingerprint density at radius 2 is 2.23 bits per heavy atom. The maximum atomic E-state index is 12.2. The van der Waals surface area contributed by atoms with Crippen LogP contribution in [0.15, 0.2) is 5.16 Å². The van der Waals surface area contributed by atoms with E-state index in [0.717, 1.165) is 30.5 Å². The summed E-state index contributed by atoms with van der Waals surface area (Å²) in [5.74, 6) is 2.01. The van der Waals surface area contributed by atoms with Crippen molar-refractivity contribution in [3.8, 4) is 0 Å². The Kier molecular flexibility index (Phi) is 5.32. The molecule has 0 saturated carbocycles. The van der Waals surface area contributed by atoms with Crippen LogP contribution in [0.3, 0.4) is 0 Å². The van der Waals surface area contributed by atoms with Gasteiger partial charge in [0.2, 0.25) is 5.91 Å². The highest BCUT2D eigenvalue weighted by atomic mass is 32.2. The van der Waals surface area contributed by atoms with Crippen LogP contribution in [-0.4, -0.2) is 70.7 Å². The first-order valence-electron chi connectivity index (χ1n) is 7.84. The Morgan fingerprint density at radius 3 is 2.95 bits per heavy atom. The normalized spacial score (nSPS) is 22.8. The van der Waals surface area contributed by atoms with Crippen LogP contribution >= 0.6 is 11.8 Å². The molecular formula is C14H23N5O2S. The number of ether oxygens (including phenoxy) is 1. The molecule has 2 saturated heterocycles. The van der Waals surface area contributed by atoms with Crippen LogP contribution in [0, 0.1) is 0 Å². The lowest BCUT2D eigenvalue weighted by Gasteiger charge is -2.26. The Hall–Kier alpha value is -1.12. The highest BCUT2D eigenvalue weighted by Gasteiger charge is 2.23. The fraction of sp³-hybridized carbons (Fsp3) is 0.786. The van der Waals surface area contributed by atoms with E-state index < -0.39 is 0 Å². The SMILES string of the molecule is Cn1c(SCC(=O)N2CCOCC2)nnc1[C@H]1CCCNC1. The summed E-state index contributed by atoms with van der Waals surface area (Å²) in [6, 6.07) is 0. The Balaban J connectivity index is 1.56. The van der Waals surface area contributed by atoms with Crippen molar-refractivity contribution in [3.63, 3.8) is 0 Å². The number of piperidine rings is 1. The van der Waals surface area contributed by atoms with E-state index in [4.69, 9.17) is 4.74 Å². The Labute approximate surface area is 134 Å². The number of hydrogen-bond acceptors (Lipinski definition) is 6. The zero-order valence-corrected chi connectivity index (χ0v) is 13.8. The molecule has 0 radical (unpaired) electrons. The smallest absolute Gasteiger partial charge is 0.233 e. The van der Waals surface area contributed by atoms with Crippen molar-refractivity contribution in [1.82, 2.24) is 25.0 Å². The minimum atomic E-state index is 0.150. The van der Waals surface area contributed by atoms with Gasteiger partial charge in [-0.05, 0) is 19.4 Å². The molecule has 3 heterocycles. The Bertz CT molecular complexity index is 509. The topological polar surface area (TPSA) is 72.3 Å². The lowest BCUT2D eigenvalue weighted by molar-refractivity contribution is -0.132. The molecule has 122 valence electrons. The number of morpholine rings is 1. The minimum Gasteiger partial charge on any atom is -0.378 e. The van der Waals surface area contributed by atoms with Gasteiger partial charge >= 0.3 is 0 Å². The van der Waals surface area contributed by atoms with Crippen LogP contribution in [0.2, 0.25) is 0 Å². The molecule has 8 heteroatoms. The minimum absolute atomic E-state index is 0.150. The van der Waals surface area contributed by atoms with Gasteiger partial charge in [-0.2, -0.15) is 0 Å². The standard InChI is InChI=1S/C14H23N5O2S/c1-18-13(11-3-2-4-15-9-11)16-17-14(18)22-10-12(20)19-5-7-21-8-6-19/h11,15H,2-10H2,1H3/t11-/m0/s1. The van der Waals surface area contributed by atoms with Gasteiger partial charge in [-0.3, -0.25) is 4.79 Å². The van der Waals surface area contributed by atoms with Crippen molar-refractivity contribution in [1.29, 1.82) is 0 Å². The lowest BCUT2D eigenvalue weighted by atomic mass is 9.99. The third kappa shape index (κ3) is 3.61. The van der Waals surface area contributed by atoms with Crippen LogP contribution in [0.4, 0.5) is 0 Å². The first-order chi connectivity index (χ1) is 10.8. The summed E-state index contributed by atoms with van der Waals surface area (Å²) in [4.78, 5) is 14.0. The van der Waals surface area contributed by atoms with Crippen LogP contribution in [0.5, 0.6) is 0 Å². The van der Waals surface area contributed by atoms with Gasteiger partial charge < -0.3 is 19.5 Å². The first-order valence-corrected chi connectivity index (χ1v) is 8.82. The third-order valence-electron chi connectivity index (χ3n) is 4.22. The first kappa shape index (κ1) is 15.8. The van der Waals surface area contributed by atoms with E-state index in [1.165, 1.54) is 18.2 Å². The second-order valence-corrected chi connectivity index (χ2v) is 6.67. The summed E-state index contributed by atoms with van der Waals surface area (Å²) in [5.41, 5.74) is 0. The molecular weight excluding hydrogens is 302 g/mol. The monoisotopic (exact) mass is 325 g/mol. The number of nitrogens with one attached hydrogen (secondary N) is 1. The number of aromatic nitrogens is 3. The van der Waals surface area contributed by atoms with Gasteiger partial charge in [-0.15, -0.1) is 10.2 Å². The second-order valence-electron chi connectivity index (χ2n) is 5.72. The Morgan fingerprint density at radius 1 is 1.41 bits per heavy atom.